The van der Waals surface area contributed by atoms with Crippen LogP contribution < -0.4 is 0 Å². The summed E-state index contributed by atoms with van der Waals surface area (Å²) in [6.45, 7) is 9.98. The van der Waals surface area contributed by atoms with Gasteiger partial charge in [0.05, 0.1) is 18.3 Å². The van der Waals surface area contributed by atoms with Gasteiger partial charge in [-0.1, -0.05) is 26.0 Å². The number of fused-ring (bicyclic) bond motifs is 1. The van der Waals surface area contributed by atoms with Gasteiger partial charge >= 0.3 is 0 Å². The van der Waals surface area contributed by atoms with Crippen LogP contribution in [0.15, 0.2) is 66.1 Å². The predicted molar refractivity (Wildman–Crippen MR) is 107 cm³/mol. The Morgan fingerprint density at radius 1 is 1.33 bits per heavy atom. The van der Waals surface area contributed by atoms with Crippen LogP contribution in [0, 0.1) is 6.92 Å². The van der Waals surface area contributed by atoms with Crippen LogP contribution >= 0.6 is 0 Å². The molecule has 2 N–H and O–H groups in total. The lowest BCUT2D eigenvalue weighted by Gasteiger charge is -2.36. The molecule has 0 atom stereocenters. The molecule has 140 valence electrons. The molecule has 1 aliphatic heterocycles. The minimum absolute atomic E-state index is 0.00461. The Morgan fingerprint density at radius 3 is 2.78 bits per heavy atom. The molecule has 6 heteroatoms. The third-order valence-electron chi connectivity index (χ3n) is 5.63. The molecule has 2 aromatic heterocycles. The smallest absolute Gasteiger partial charge is 0.142 e. The fourth-order valence-electron chi connectivity index (χ4n) is 4.26. The Bertz CT molecular complexity index is 993. The molecule has 0 spiro atoms. The van der Waals surface area contributed by atoms with E-state index in [0.717, 1.165) is 36.7 Å². The Kier molecular flexibility index (Phi) is 4.06. The van der Waals surface area contributed by atoms with Crippen LogP contribution in [-0.4, -0.2) is 37.0 Å². The first-order chi connectivity index (χ1) is 12.9. The zero-order valence-electron chi connectivity index (χ0n) is 15.5. The third-order valence-corrected chi connectivity index (χ3v) is 5.63. The minimum atomic E-state index is -0.200. The molecule has 1 saturated carbocycles. The highest BCUT2D eigenvalue weighted by molar-refractivity contribution is 6.12. The molecule has 0 aromatic carbocycles. The van der Waals surface area contributed by atoms with Crippen molar-refractivity contribution in [2.24, 2.45) is 5.10 Å². The number of aliphatic hydroxyl groups is 2. The van der Waals surface area contributed by atoms with Crippen LogP contribution in [0.4, 0.5) is 0 Å². The summed E-state index contributed by atoms with van der Waals surface area (Å²) in [4.78, 5) is 4.63. The second-order valence-corrected chi connectivity index (χ2v) is 7.47. The summed E-state index contributed by atoms with van der Waals surface area (Å²) < 4.78 is 2.28. The minimum Gasteiger partial charge on any atom is -0.506 e. The highest BCUT2D eigenvalue weighted by atomic mass is 16.3. The zero-order valence-corrected chi connectivity index (χ0v) is 15.5. The van der Waals surface area contributed by atoms with Crippen molar-refractivity contribution in [3.63, 3.8) is 0 Å². The maximum Gasteiger partial charge on any atom is 0.142 e. The highest BCUT2D eigenvalue weighted by Crippen LogP contribution is 2.41. The maximum atomic E-state index is 10.2. The molecule has 0 amide bonds. The lowest BCUT2D eigenvalue weighted by Crippen LogP contribution is -2.41. The Morgan fingerprint density at radius 2 is 2.07 bits per heavy atom. The third kappa shape index (κ3) is 2.81. The number of hydrogen-bond donors (Lipinski definition) is 2. The van der Waals surface area contributed by atoms with Gasteiger partial charge in [0, 0.05) is 23.4 Å². The van der Waals surface area contributed by atoms with E-state index in [1.54, 1.807) is 11.2 Å². The fourth-order valence-corrected chi connectivity index (χ4v) is 4.26. The summed E-state index contributed by atoms with van der Waals surface area (Å²) in [5.74, 6) is -0.205. The van der Waals surface area contributed by atoms with Gasteiger partial charge in [0.25, 0.3) is 0 Å². The average Bonchev–Trinajstić information content (AvgIpc) is 3.24. The predicted octanol–water partition coefficient (Wildman–Crippen LogP) is 4.31. The molecular weight excluding hydrogens is 340 g/mol. The normalized spacial score (nSPS) is 19.3. The summed E-state index contributed by atoms with van der Waals surface area (Å²) in [7, 11) is 0. The first-order valence-corrected chi connectivity index (χ1v) is 9.18. The van der Waals surface area contributed by atoms with Crippen molar-refractivity contribution in [2.75, 3.05) is 6.54 Å². The standard InChI is InChI=1S/C21H24N4O2/c1-14-11-25(20-17(14)7-6-10-22-20)21(8-4-5-9-21)13-24-12-18(27)15(2)19(23-24)16(3)26/h6-7,10-12,26-27H,2-5,8-9,13H2,1H3. The van der Waals surface area contributed by atoms with Gasteiger partial charge in [0.1, 0.15) is 22.9 Å². The molecule has 1 fully saturated rings. The second-order valence-electron chi connectivity index (χ2n) is 7.47. The van der Waals surface area contributed by atoms with Gasteiger partial charge in [-0.2, -0.15) is 5.10 Å². The van der Waals surface area contributed by atoms with Crippen molar-refractivity contribution >= 4 is 16.7 Å². The van der Waals surface area contributed by atoms with Crippen molar-refractivity contribution in [3.8, 4) is 0 Å². The van der Waals surface area contributed by atoms with E-state index in [0.29, 0.717) is 6.54 Å². The van der Waals surface area contributed by atoms with Crippen molar-refractivity contribution in [3.05, 3.63) is 66.5 Å². The summed E-state index contributed by atoms with van der Waals surface area (Å²) in [6.07, 6.45) is 9.83. The quantitative estimate of drug-likeness (QED) is 0.793. The van der Waals surface area contributed by atoms with E-state index >= 15 is 0 Å². The number of nitrogens with zero attached hydrogens (tertiary/aromatic N) is 4. The molecule has 0 radical (unpaired) electrons. The molecule has 0 bridgehead atoms. The molecule has 4 rings (SSSR count). The lowest BCUT2D eigenvalue weighted by atomic mass is 9.96. The highest BCUT2D eigenvalue weighted by Gasteiger charge is 2.39. The van der Waals surface area contributed by atoms with Crippen LogP contribution in [0.5, 0.6) is 0 Å². The van der Waals surface area contributed by atoms with Crippen LogP contribution in [-0.2, 0) is 5.54 Å². The van der Waals surface area contributed by atoms with E-state index in [2.05, 4.69) is 47.0 Å². The second kappa shape index (κ2) is 6.30. The Hall–Kier alpha value is -3.02. The van der Waals surface area contributed by atoms with Crippen LogP contribution in [0.1, 0.15) is 31.2 Å². The molecular formula is C21H24N4O2. The van der Waals surface area contributed by atoms with E-state index in [-0.39, 0.29) is 28.3 Å². The molecule has 6 nitrogen and oxygen atoms in total. The van der Waals surface area contributed by atoms with Gasteiger partial charge < -0.3 is 14.8 Å². The number of allylic oxidation sites excluding steroid dienone is 2. The number of aliphatic hydroxyl groups excluding tert-OH is 2. The Balaban J connectivity index is 1.77. The van der Waals surface area contributed by atoms with Gasteiger partial charge in [0.2, 0.25) is 0 Å². The molecule has 0 saturated heterocycles. The first-order valence-electron chi connectivity index (χ1n) is 9.18. The number of rotatable bonds is 4. The topological polar surface area (TPSA) is 73.9 Å². The van der Waals surface area contributed by atoms with Crippen molar-refractivity contribution < 1.29 is 10.2 Å². The van der Waals surface area contributed by atoms with Crippen LogP contribution in [0.2, 0.25) is 0 Å². The summed E-state index contributed by atoms with van der Waals surface area (Å²) >= 11 is 0. The molecule has 0 unspecified atom stereocenters. The van der Waals surface area contributed by atoms with Gasteiger partial charge in [0.15, 0.2) is 0 Å². The molecule has 27 heavy (non-hydrogen) atoms. The number of hydrazone groups is 1. The van der Waals surface area contributed by atoms with Gasteiger partial charge in [-0.15, -0.1) is 0 Å². The van der Waals surface area contributed by atoms with Crippen molar-refractivity contribution in [1.29, 1.82) is 0 Å². The molecule has 1 aliphatic carbocycles. The molecule has 2 aromatic rings. The fraction of sp³-hybridized carbons (Fsp3) is 0.333. The summed E-state index contributed by atoms with van der Waals surface area (Å²) in [5, 5.41) is 27.4. The number of hydrogen-bond acceptors (Lipinski definition) is 5. The Labute approximate surface area is 158 Å². The number of aromatic nitrogens is 2. The zero-order chi connectivity index (χ0) is 19.2. The van der Waals surface area contributed by atoms with E-state index in [4.69, 9.17) is 0 Å². The van der Waals surface area contributed by atoms with Gasteiger partial charge in [-0.3, -0.25) is 5.01 Å². The monoisotopic (exact) mass is 364 g/mol. The number of aryl methyl sites for hydroxylation is 1. The SMILES string of the molecule is C=C(O)C1=NN(CC2(n3cc(C)c4cccnc43)CCCC2)C=C(O)C1=C. The van der Waals surface area contributed by atoms with Crippen LogP contribution in [0.25, 0.3) is 11.0 Å². The van der Waals surface area contributed by atoms with E-state index in [9.17, 15) is 10.2 Å². The van der Waals surface area contributed by atoms with Crippen LogP contribution in [0.3, 0.4) is 0 Å². The summed E-state index contributed by atoms with van der Waals surface area (Å²) in [6, 6.07) is 4.06. The van der Waals surface area contributed by atoms with Gasteiger partial charge in [-0.05, 0) is 37.5 Å². The number of pyridine rings is 1. The average molecular weight is 364 g/mol. The van der Waals surface area contributed by atoms with E-state index in [1.165, 1.54) is 5.56 Å². The summed E-state index contributed by atoms with van der Waals surface area (Å²) in [5.41, 5.74) is 2.49. The van der Waals surface area contributed by atoms with Crippen molar-refractivity contribution in [1.82, 2.24) is 14.6 Å². The molecule has 3 heterocycles. The maximum absolute atomic E-state index is 10.2. The van der Waals surface area contributed by atoms with Gasteiger partial charge in [-0.25, -0.2) is 4.98 Å². The first kappa shape index (κ1) is 17.4. The largest absolute Gasteiger partial charge is 0.506 e. The lowest BCUT2D eigenvalue weighted by molar-refractivity contribution is 0.199. The molecule has 2 aliphatic rings. The van der Waals surface area contributed by atoms with E-state index in [1.807, 2.05) is 12.3 Å². The van der Waals surface area contributed by atoms with E-state index < -0.39 is 0 Å². The van der Waals surface area contributed by atoms with Crippen molar-refractivity contribution in [2.45, 2.75) is 38.1 Å².